The number of hydrogen-bond donors (Lipinski definition) is 1. The quantitative estimate of drug-likeness (QED) is 0.874. The zero-order valence-corrected chi connectivity index (χ0v) is 15.7. The van der Waals surface area contributed by atoms with E-state index in [0.29, 0.717) is 35.0 Å². The Morgan fingerprint density at radius 1 is 1.19 bits per heavy atom. The molecule has 2 aliphatic rings. The van der Waals surface area contributed by atoms with E-state index in [9.17, 15) is 8.42 Å². The number of aryl methyl sites for hydroxylation is 2. The Morgan fingerprint density at radius 3 is 2.50 bits per heavy atom. The van der Waals surface area contributed by atoms with Crippen LogP contribution in [0.1, 0.15) is 43.5 Å². The Morgan fingerprint density at radius 2 is 1.92 bits per heavy atom. The van der Waals surface area contributed by atoms with Crippen molar-refractivity contribution in [3.05, 3.63) is 30.0 Å². The largest absolute Gasteiger partial charge is 0.473 e. The first-order valence-corrected chi connectivity index (χ1v) is 10.4. The van der Waals surface area contributed by atoms with E-state index in [1.807, 2.05) is 0 Å². The molecule has 9 heteroatoms. The molecule has 1 N–H and O–H groups in total. The third kappa shape index (κ3) is 2.99. The molecular weight excluding hydrogens is 354 g/mol. The second kappa shape index (κ2) is 6.62. The maximum Gasteiger partial charge on any atom is 0.247 e. The van der Waals surface area contributed by atoms with E-state index < -0.39 is 10.0 Å². The molecule has 0 radical (unpaired) electrons. The minimum atomic E-state index is -3.58. The predicted molar refractivity (Wildman–Crippen MR) is 94.2 cm³/mol. The molecule has 0 saturated carbocycles. The second-order valence-corrected chi connectivity index (χ2v) is 8.87. The number of aromatic amines is 1. The van der Waals surface area contributed by atoms with Crippen LogP contribution in [0.2, 0.25) is 0 Å². The lowest BCUT2D eigenvalue weighted by Gasteiger charge is -2.47. The molecule has 2 saturated heterocycles. The molecule has 3 atom stereocenters. The monoisotopic (exact) mass is 377 g/mol. The summed E-state index contributed by atoms with van der Waals surface area (Å²) < 4.78 is 34.4. The van der Waals surface area contributed by atoms with E-state index in [1.165, 1.54) is 0 Å². The molecule has 140 valence electrons. The first-order chi connectivity index (χ1) is 12.5. The number of hydrogen-bond acceptors (Lipinski definition) is 6. The molecule has 2 aromatic rings. The second-order valence-electron chi connectivity index (χ2n) is 7.09. The Kier molecular flexibility index (Phi) is 4.44. The number of sulfonamides is 1. The predicted octanol–water partition coefficient (Wildman–Crippen LogP) is 1.97. The highest BCUT2D eigenvalue weighted by Gasteiger charge is 2.46. The minimum Gasteiger partial charge on any atom is -0.473 e. The average Bonchev–Trinajstić information content (AvgIpc) is 2.94. The van der Waals surface area contributed by atoms with Gasteiger partial charge in [0.05, 0.1) is 17.6 Å². The molecule has 2 bridgehead atoms. The summed E-state index contributed by atoms with van der Waals surface area (Å²) in [4.78, 5) is 8.52. The van der Waals surface area contributed by atoms with Gasteiger partial charge in [0.1, 0.15) is 11.0 Å². The summed E-state index contributed by atoms with van der Waals surface area (Å²) in [6, 6.07) is -0.106. The summed E-state index contributed by atoms with van der Waals surface area (Å²) in [5, 5.41) is 6.86. The Balaban J connectivity index is 1.60. The zero-order chi connectivity index (χ0) is 18.3. The molecule has 8 nitrogen and oxygen atoms in total. The lowest BCUT2D eigenvalue weighted by atomic mass is 9.85. The van der Waals surface area contributed by atoms with Gasteiger partial charge in [-0.1, -0.05) is 6.42 Å². The fraction of sp³-hybridized carbons (Fsp3) is 0.588. The summed E-state index contributed by atoms with van der Waals surface area (Å²) in [7, 11) is -3.58. The fourth-order valence-electron chi connectivity index (χ4n) is 4.32. The van der Waals surface area contributed by atoms with Crippen molar-refractivity contribution < 1.29 is 13.2 Å². The standard InChI is InChI=1S/C17H23N5O3S/c1-11-17(12(2)21-20-11)26(23,24)22-13-4-3-5-14(22)9-15(8-13)25-16-10-18-6-7-19-16/h6-7,10,13-15H,3-5,8-9H2,1-2H3,(H,20,21)/t13-,14+,15-. The summed E-state index contributed by atoms with van der Waals surface area (Å²) in [5.41, 5.74) is 1.12. The fourth-order valence-corrected chi connectivity index (χ4v) is 6.55. The molecule has 0 amide bonds. The number of piperidine rings is 2. The van der Waals surface area contributed by atoms with Crippen molar-refractivity contribution in [1.29, 1.82) is 0 Å². The van der Waals surface area contributed by atoms with Gasteiger partial charge < -0.3 is 4.74 Å². The van der Waals surface area contributed by atoms with Crippen molar-refractivity contribution in [3.63, 3.8) is 0 Å². The lowest BCUT2D eigenvalue weighted by molar-refractivity contribution is 0.0329. The van der Waals surface area contributed by atoms with Crippen molar-refractivity contribution in [3.8, 4) is 5.88 Å². The van der Waals surface area contributed by atoms with Crippen molar-refractivity contribution in [2.45, 2.75) is 69.0 Å². The maximum absolute atomic E-state index is 13.4. The van der Waals surface area contributed by atoms with Crippen molar-refractivity contribution >= 4 is 10.0 Å². The highest BCUT2D eigenvalue weighted by molar-refractivity contribution is 7.89. The SMILES string of the molecule is Cc1n[nH]c(C)c1S(=O)(=O)N1[C@@H]2CCC[C@H]1C[C@H](Oc1cnccn1)C2. The number of fused-ring (bicyclic) bond motifs is 2. The number of aromatic nitrogens is 4. The topological polar surface area (TPSA) is 101 Å². The molecule has 0 spiro atoms. The maximum atomic E-state index is 13.4. The smallest absolute Gasteiger partial charge is 0.247 e. The molecule has 2 aromatic heterocycles. The summed E-state index contributed by atoms with van der Waals surface area (Å²) in [6.07, 6.45) is 8.84. The van der Waals surface area contributed by atoms with E-state index in [1.54, 1.807) is 36.7 Å². The lowest BCUT2D eigenvalue weighted by Crippen LogP contribution is -2.56. The minimum absolute atomic E-state index is 0.0417. The van der Waals surface area contributed by atoms with Gasteiger partial charge in [-0.2, -0.15) is 9.40 Å². The van der Waals surface area contributed by atoms with Gasteiger partial charge in [0.15, 0.2) is 0 Å². The zero-order valence-electron chi connectivity index (χ0n) is 14.9. The van der Waals surface area contributed by atoms with E-state index in [0.717, 1.165) is 19.3 Å². The van der Waals surface area contributed by atoms with Crippen LogP contribution in [-0.2, 0) is 10.0 Å². The van der Waals surface area contributed by atoms with Crippen molar-refractivity contribution in [2.24, 2.45) is 0 Å². The molecule has 26 heavy (non-hydrogen) atoms. The number of nitrogens with one attached hydrogen (secondary N) is 1. The summed E-state index contributed by atoms with van der Waals surface area (Å²) in [5.74, 6) is 0.494. The van der Waals surface area contributed by atoms with Gasteiger partial charge in [-0.3, -0.25) is 10.1 Å². The normalized spacial score (nSPS) is 26.6. The van der Waals surface area contributed by atoms with Gasteiger partial charge in [-0.15, -0.1) is 0 Å². The van der Waals surface area contributed by atoms with E-state index in [-0.39, 0.29) is 18.2 Å². The van der Waals surface area contributed by atoms with Gasteiger partial charge in [-0.25, -0.2) is 13.4 Å². The van der Waals surface area contributed by atoms with Crippen LogP contribution in [0.4, 0.5) is 0 Å². The van der Waals surface area contributed by atoms with Crippen LogP contribution in [-0.4, -0.2) is 51.1 Å². The van der Waals surface area contributed by atoms with Crippen LogP contribution in [0.5, 0.6) is 5.88 Å². The summed E-state index contributed by atoms with van der Waals surface area (Å²) >= 11 is 0. The molecule has 2 aliphatic heterocycles. The van der Waals surface area contributed by atoms with Crippen LogP contribution in [0, 0.1) is 13.8 Å². The van der Waals surface area contributed by atoms with E-state index in [2.05, 4.69) is 20.2 Å². The van der Waals surface area contributed by atoms with Crippen molar-refractivity contribution in [2.75, 3.05) is 0 Å². The van der Waals surface area contributed by atoms with Crippen LogP contribution in [0.15, 0.2) is 23.5 Å². The molecule has 0 unspecified atom stereocenters. The third-order valence-electron chi connectivity index (χ3n) is 5.29. The Hall–Kier alpha value is -2.00. The van der Waals surface area contributed by atoms with Gasteiger partial charge in [-0.05, 0) is 26.7 Å². The first-order valence-electron chi connectivity index (χ1n) is 8.94. The number of ether oxygens (including phenoxy) is 1. The highest BCUT2D eigenvalue weighted by atomic mass is 32.2. The molecule has 2 fully saturated rings. The van der Waals surface area contributed by atoms with Crippen molar-refractivity contribution in [1.82, 2.24) is 24.5 Å². The molecule has 4 heterocycles. The van der Waals surface area contributed by atoms with Crippen LogP contribution in [0.3, 0.4) is 0 Å². The number of H-pyrrole nitrogens is 1. The molecular formula is C17H23N5O3S. The number of nitrogens with zero attached hydrogens (tertiary/aromatic N) is 4. The van der Waals surface area contributed by atoms with Crippen LogP contribution in [0.25, 0.3) is 0 Å². The van der Waals surface area contributed by atoms with Gasteiger partial charge >= 0.3 is 0 Å². The highest BCUT2D eigenvalue weighted by Crippen LogP contribution is 2.40. The third-order valence-corrected chi connectivity index (χ3v) is 7.56. The van der Waals surface area contributed by atoms with Gasteiger partial charge in [0.2, 0.25) is 15.9 Å². The van der Waals surface area contributed by atoms with E-state index in [4.69, 9.17) is 4.74 Å². The van der Waals surface area contributed by atoms with Crippen LogP contribution < -0.4 is 4.74 Å². The number of rotatable bonds is 4. The van der Waals surface area contributed by atoms with Crippen LogP contribution >= 0.6 is 0 Å². The Labute approximate surface area is 153 Å². The van der Waals surface area contributed by atoms with Gasteiger partial charge in [0.25, 0.3) is 0 Å². The molecule has 4 rings (SSSR count). The Bertz CT molecular complexity index is 850. The molecule has 0 aromatic carbocycles. The first kappa shape index (κ1) is 17.4. The molecule has 0 aliphatic carbocycles. The summed E-state index contributed by atoms with van der Waals surface area (Å²) in [6.45, 7) is 3.49. The van der Waals surface area contributed by atoms with Gasteiger partial charge in [0, 0.05) is 37.3 Å². The van der Waals surface area contributed by atoms with E-state index >= 15 is 0 Å². The average molecular weight is 377 g/mol.